The summed E-state index contributed by atoms with van der Waals surface area (Å²) >= 11 is 0. The van der Waals surface area contributed by atoms with Gasteiger partial charge in [-0.25, -0.2) is 8.42 Å². The minimum atomic E-state index is -3.85. The Morgan fingerprint density at radius 2 is 1.96 bits per heavy atom. The molecule has 128 valence electrons. The van der Waals surface area contributed by atoms with Crippen molar-refractivity contribution in [3.63, 3.8) is 0 Å². The minimum Gasteiger partial charge on any atom is -0.545 e. The van der Waals surface area contributed by atoms with Gasteiger partial charge >= 0.3 is 0 Å². The van der Waals surface area contributed by atoms with Gasteiger partial charge in [0.15, 0.2) is 0 Å². The SMILES string of the molecule is COc1ccc(C(=O)[O-])cc1S(=O)(=O)N(C)C1CC[NH+](C)CC1. The average Bonchev–Trinajstić information content (AvgIpc) is 2.54. The lowest BCUT2D eigenvalue weighted by atomic mass is 10.1. The van der Waals surface area contributed by atoms with E-state index in [2.05, 4.69) is 7.05 Å². The van der Waals surface area contributed by atoms with E-state index in [4.69, 9.17) is 4.74 Å². The number of hydrogen-bond donors (Lipinski definition) is 1. The Labute approximate surface area is 136 Å². The summed E-state index contributed by atoms with van der Waals surface area (Å²) in [6.45, 7) is 1.81. The summed E-state index contributed by atoms with van der Waals surface area (Å²) in [5.41, 5.74) is -0.189. The van der Waals surface area contributed by atoms with Gasteiger partial charge < -0.3 is 19.5 Å². The number of sulfonamides is 1. The van der Waals surface area contributed by atoms with Crippen molar-refractivity contribution in [2.75, 3.05) is 34.3 Å². The maximum Gasteiger partial charge on any atom is 0.246 e. The first-order chi connectivity index (χ1) is 10.8. The molecule has 1 heterocycles. The number of hydrogen-bond acceptors (Lipinski definition) is 5. The van der Waals surface area contributed by atoms with Crippen LogP contribution in [0.25, 0.3) is 0 Å². The fraction of sp³-hybridized carbons (Fsp3) is 0.533. The molecule has 2 rings (SSSR count). The molecular formula is C15H22N2O5S. The lowest BCUT2D eigenvalue weighted by Gasteiger charge is -2.32. The van der Waals surface area contributed by atoms with E-state index in [0.29, 0.717) is 0 Å². The third kappa shape index (κ3) is 3.65. The molecule has 8 heteroatoms. The highest BCUT2D eigenvalue weighted by Gasteiger charge is 2.33. The van der Waals surface area contributed by atoms with Crippen LogP contribution < -0.4 is 14.7 Å². The summed E-state index contributed by atoms with van der Waals surface area (Å²) in [7, 11) is 1.12. The molecule has 23 heavy (non-hydrogen) atoms. The van der Waals surface area contributed by atoms with Crippen molar-refractivity contribution in [1.29, 1.82) is 0 Å². The molecule has 1 aliphatic rings. The Morgan fingerprint density at radius 3 is 2.48 bits per heavy atom. The zero-order valence-electron chi connectivity index (χ0n) is 13.5. The number of aromatic carboxylic acids is 1. The van der Waals surface area contributed by atoms with E-state index in [1.165, 1.54) is 35.5 Å². The molecule has 0 atom stereocenters. The van der Waals surface area contributed by atoms with Crippen LogP contribution in [0.4, 0.5) is 0 Å². The number of methoxy groups -OCH3 is 1. The number of nitrogens with one attached hydrogen (secondary N) is 1. The standard InChI is InChI=1S/C15H22N2O5S/c1-16-8-6-12(7-9-16)17(2)23(20,21)14-10-11(15(18)19)4-5-13(14)22-3/h4-5,10,12H,6-9H2,1-3H3,(H,18,19). The molecule has 1 aromatic carbocycles. The largest absolute Gasteiger partial charge is 0.545 e. The molecule has 0 amide bonds. The van der Waals surface area contributed by atoms with E-state index in [9.17, 15) is 18.3 Å². The van der Waals surface area contributed by atoms with Crippen molar-refractivity contribution >= 4 is 16.0 Å². The number of piperidine rings is 1. The van der Waals surface area contributed by atoms with Gasteiger partial charge in [-0.2, -0.15) is 4.31 Å². The van der Waals surface area contributed by atoms with Crippen molar-refractivity contribution in [1.82, 2.24) is 4.31 Å². The Hall–Kier alpha value is -1.64. The Morgan fingerprint density at radius 1 is 1.35 bits per heavy atom. The second kappa shape index (κ2) is 6.86. The molecule has 0 aliphatic carbocycles. The second-order valence-corrected chi connectivity index (χ2v) is 7.83. The summed E-state index contributed by atoms with van der Waals surface area (Å²) in [6.07, 6.45) is 1.54. The van der Waals surface area contributed by atoms with E-state index in [-0.39, 0.29) is 22.3 Å². The van der Waals surface area contributed by atoms with E-state index in [0.717, 1.165) is 32.0 Å². The van der Waals surface area contributed by atoms with Gasteiger partial charge in [0.2, 0.25) is 10.0 Å². The monoisotopic (exact) mass is 342 g/mol. The van der Waals surface area contributed by atoms with Gasteiger partial charge in [0.1, 0.15) is 10.6 Å². The number of quaternary nitrogens is 1. The van der Waals surface area contributed by atoms with Crippen LogP contribution in [-0.4, -0.2) is 59.0 Å². The lowest BCUT2D eigenvalue weighted by molar-refractivity contribution is -0.885. The van der Waals surface area contributed by atoms with Crippen molar-refractivity contribution in [3.8, 4) is 5.75 Å². The highest BCUT2D eigenvalue weighted by atomic mass is 32.2. The Balaban J connectivity index is 2.38. The summed E-state index contributed by atoms with van der Waals surface area (Å²) < 4.78 is 32.2. The van der Waals surface area contributed by atoms with Gasteiger partial charge in [0, 0.05) is 25.9 Å². The fourth-order valence-electron chi connectivity index (χ4n) is 2.82. The lowest BCUT2D eigenvalue weighted by Crippen LogP contribution is -3.10. The summed E-state index contributed by atoms with van der Waals surface area (Å²) in [6, 6.07) is 3.61. The highest BCUT2D eigenvalue weighted by molar-refractivity contribution is 7.89. The zero-order chi connectivity index (χ0) is 17.2. The predicted molar refractivity (Wildman–Crippen MR) is 81.9 cm³/mol. The normalized spacial score (nSPS) is 22.1. The molecule has 0 spiro atoms. The molecule has 0 radical (unpaired) electrons. The fourth-order valence-corrected chi connectivity index (χ4v) is 4.41. The topological polar surface area (TPSA) is 91.2 Å². The van der Waals surface area contributed by atoms with Crippen molar-refractivity contribution in [2.45, 2.75) is 23.8 Å². The molecule has 1 aromatic rings. The summed E-state index contributed by atoms with van der Waals surface area (Å²) in [5, 5.41) is 11.0. The van der Waals surface area contributed by atoms with Crippen LogP contribution >= 0.6 is 0 Å². The van der Waals surface area contributed by atoms with Gasteiger partial charge in [-0.3, -0.25) is 0 Å². The van der Waals surface area contributed by atoms with E-state index in [1.54, 1.807) is 0 Å². The predicted octanol–water partition coefficient (Wildman–Crippen LogP) is -1.64. The first-order valence-corrected chi connectivity index (χ1v) is 8.90. The van der Waals surface area contributed by atoms with Crippen molar-refractivity contribution in [3.05, 3.63) is 23.8 Å². The van der Waals surface area contributed by atoms with Crippen LogP contribution in [0.3, 0.4) is 0 Å². The Kier molecular flexibility index (Phi) is 5.28. The van der Waals surface area contributed by atoms with Gasteiger partial charge in [0.25, 0.3) is 0 Å². The number of carbonyl (C=O) groups excluding carboxylic acids is 1. The number of rotatable bonds is 5. The van der Waals surface area contributed by atoms with Gasteiger partial charge in [-0.1, -0.05) is 0 Å². The summed E-state index contributed by atoms with van der Waals surface area (Å²) in [5.74, 6) is -1.30. The molecule has 0 aromatic heterocycles. The smallest absolute Gasteiger partial charge is 0.246 e. The van der Waals surface area contributed by atoms with E-state index in [1.807, 2.05) is 0 Å². The quantitative estimate of drug-likeness (QED) is 0.693. The number of nitrogens with zero attached hydrogens (tertiary/aromatic N) is 1. The molecule has 1 saturated heterocycles. The third-order valence-corrected chi connectivity index (χ3v) is 6.31. The molecule has 0 unspecified atom stereocenters. The average molecular weight is 342 g/mol. The maximum absolute atomic E-state index is 12.9. The summed E-state index contributed by atoms with van der Waals surface area (Å²) in [4.78, 5) is 12.3. The molecule has 1 aliphatic heterocycles. The molecule has 0 bridgehead atoms. The minimum absolute atomic E-state index is 0.0972. The number of benzene rings is 1. The van der Waals surface area contributed by atoms with Gasteiger partial charge in [-0.05, 0) is 23.8 Å². The number of ether oxygens (including phenoxy) is 1. The van der Waals surface area contributed by atoms with Crippen LogP contribution in [0.15, 0.2) is 23.1 Å². The van der Waals surface area contributed by atoms with Crippen LogP contribution in [0.5, 0.6) is 5.75 Å². The molecular weight excluding hydrogens is 320 g/mol. The Bertz CT molecular complexity index is 681. The van der Waals surface area contributed by atoms with Crippen LogP contribution in [0.1, 0.15) is 23.2 Å². The van der Waals surface area contributed by atoms with Crippen molar-refractivity contribution < 1.29 is 28.0 Å². The third-order valence-electron chi connectivity index (χ3n) is 4.38. The molecule has 7 nitrogen and oxygen atoms in total. The van der Waals surface area contributed by atoms with Crippen LogP contribution in [0, 0.1) is 0 Å². The first-order valence-electron chi connectivity index (χ1n) is 7.46. The molecule has 1 N–H and O–H groups in total. The molecule has 1 fully saturated rings. The molecule has 0 saturated carbocycles. The van der Waals surface area contributed by atoms with Crippen LogP contribution in [0.2, 0.25) is 0 Å². The number of carboxylic acid groups (broad SMARTS) is 1. The van der Waals surface area contributed by atoms with Crippen LogP contribution in [-0.2, 0) is 10.0 Å². The first kappa shape index (κ1) is 17.7. The number of carbonyl (C=O) groups is 1. The maximum atomic E-state index is 12.9. The zero-order valence-corrected chi connectivity index (χ0v) is 14.4. The number of likely N-dealkylation sites (tertiary alicyclic amines) is 1. The van der Waals surface area contributed by atoms with Gasteiger partial charge in [0.05, 0.1) is 33.2 Å². The number of carboxylic acids is 1. The van der Waals surface area contributed by atoms with E-state index < -0.39 is 16.0 Å². The second-order valence-electron chi connectivity index (χ2n) is 5.86. The van der Waals surface area contributed by atoms with E-state index >= 15 is 0 Å². The van der Waals surface area contributed by atoms with Gasteiger partial charge in [-0.15, -0.1) is 0 Å². The highest BCUT2D eigenvalue weighted by Crippen LogP contribution is 2.29. The van der Waals surface area contributed by atoms with Crippen molar-refractivity contribution in [2.24, 2.45) is 0 Å².